The van der Waals surface area contributed by atoms with Crippen molar-refractivity contribution in [3.05, 3.63) is 30.1 Å². The van der Waals surface area contributed by atoms with Crippen molar-refractivity contribution in [3.8, 4) is 0 Å². The number of benzene rings is 1. The highest BCUT2D eigenvalue weighted by atomic mass is 19.1. The van der Waals surface area contributed by atoms with Crippen molar-refractivity contribution in [1.82, 2.24) is 10.6 Å². The van der Waals surface area contributed by atoms with Crippen molar-refractivity contribution in [2.24, 2.45) is 0 Å². The molecular formula is C17H24FN3O2. The summed E-state index contributed by atoms with van der Waals surface area (Å²) in [4.78, 5) is 14.1. The summed E-state index contributed by atoms with van der Waals surface area (Å²) in [5.41, 5.74) is 0.137. The summed E-state index contributed by atoms with van der Waals surface area (Å²) in [6.45, 7) is 1.84. The first-order valence-electron chi connectivity index (χ1n) is 8.31. The Bertz CT molecular complexity index is 563. The fraction of sp³-hybridized carbons (Fsp3) is 0.588. The highest BCUT2D eigenvalue weighted by Crippen LogP contribution is 2.30. The molecule has 2 amide bonds. The highest BCUT2D eigenvalue weighted by Gasteiger charge is 2.34. The summed E-state index contributed by atoms with van der Waals surface area (Å²) >= 11 is 0. The van der Waals surface area contributed by atoms with E-state index in [1.165, 1.54) is 12.1 Å². The quantitative estimate of drug-likeness (QED) is 0.795. The molecule has 1 atom stereocenters. The molecule has 0 bridgehead atoms. The van der Waals surface area contributed by atoms with Gasteiger partial charge in [-0.3, -0.25) is 0 Å². The summed E-state index contributed by atoms with van der Waals surface area (Å²) in [5.74, 6) is -0.246. The third-order valence-electron chi connectivity index (χ3n) is 4.79. The fourth-order valence-electron chi connectivity index (χ4n) is 3.25. The number of anilines is 1. The molecule has 6 heteroatoms. The van der Waals surface area contributed by atoms with Crippen LogP contribution in [0.3, 0.4) is 0 Å². The van der Waals surface area contributed by atoms with Crippen LogP contribution in [0.25, 0.3) is 0 Å². The Labute approximate surface area is 135 Å². The van der Waals surface area contributed by atoms with Gasteiger partial charge in [0.15, 0.2) is 0 Å². The molecule has 5 nitrogen and oxygen atoms in total. The van der Waals surface area contributed by atoms with E-state index in [9.17, 15) is 14.3 Å². The van der Waals surface area contributed by atoms with Crippen molar-refractivity contribution in [3.63, 3.8) is 0 Å². The van der Waals surface area contributed by atoms with Crippen LogP contribution in [0.2, 0.25) is 0 Å². The van der Waals surface area contributed by atoms with Crippen molar-refractivity contribution in [2.45, 2.75) is 43.7 Å². The number of aliphatic hydroxyl groups is 1. The fourth-order valence-corrected chi connectivity index (χ4v) is 3.25. The van der Waals surface area contributed by atoms with Gasteiger partial charge < -0.3 is 20.6 Å². The Morgan fingerprint density at radius 1 is 1.39 bits per heavy atom. The van der Waals surface area contributed by atoms with E-state index in [4.69, 9.17) is 0 Å². The van der Waals surface area contributed by atoms with Crippen molar-refractivity contribution in [1.29, 1.82) is 0 Å². The summed E-state index contributed by atoms with van der Waals surface area (Å²) in [6.07, 6.45) is 4.38. The highest BCUT2D eigenvalue weighted by molar-refractivity contribution is 5.74. The van der Waals surface area contributed by atoms with Crippen LogP contribution >= 0.6 is 0 Å². The molecule has 1 aliphatic heterocycles. The Kier molecular flexibility index (Phi) is 4.71. The number of piperidine rings is 1. The number of urea groups is 1. The average Bonchev–Trinajstić information content (AvgIpc) is 2.51. The molecule has 3 N–H and O–H groups in total. The first-order chi connectivity index (χ1) is 11.0. The third kappa shape index (κ3) is 4.13. The van der Waals surface area contributed by atoms with Gasteiger partial charge in [0.25, 0.3) is 0 Å². The van der Waals surface area contributed by atoms with E-state index in [-0.39, 0.29) is 17.9 Å². The van der Waals surface area contributed by atoms with E-state index in [1.54, 1.807) is 6.07 Å². The Balaban J connectivity index is 1.49. The molecule has 1 aromatic carbocycles. The lowest BCUT2D eigenvalue weighted by molar-refractivity contribution is -0.0290. The van der Waals surface area contributed by atoms with E-state index in [2.05, 4.69) is 15.5 Å². The maximum Gasteiger partial charge on any atom is 0.315 e. The number of nitrogens with one attached hydrogen (secondary N) is 2. The van der Waals surface area contributed by atoms with Crippen LogP contribution in [0.5, 0.6) is 0 Å². The second kappa shape index (κ2) is 6.74. The minimum absolute atomic E-state index is 0.0306. The zero-order chi connectivity index (χ0) is 16.3. The first-order valence-corrected chi connectivity index (χ1v) is 8.31. The maximum atomic E-state index is 13.4. The lowest BCUT2D eigenvalue weighted by Gasteiger charge is -2.37. The second-order valence-corrected chi connectivity index (χ2v) is 6.67. The molecule has 2 aliphatic rings. The summed E-state index contributed by atoms with van der Waals surface area (Å²) in [5, 5.41) is 15.7. The van der Waals surface area contributed by atoms with Gasteiger partial charge in [0, 0.05) is 31.4 Å². The van der Waals surface area contributed by atoms with Gasteiger partial charge in [0.1, 0.15) is 5.82 Å². The van der Waals surface area contributed by atoms with Crippen LogP contribution in [0.15, 0.2) is 24.3 Å². The number of rotatable bonds is 4. The molecule has 1 heterocycles. The molecule has 0 aromatic heterocycles. The van der Waals surface area contributed by atoms with Crippen LogP contribution in [-0.2, 0) is 0 Å². The van der Waals surface area contributed by atoms with Crippen molar-refractivity contribution >= 4 is 11.7 Å². The van der Waals surface area contributed by atoms with Gasteiger partial charge in [0.2, 0.25) is 0 Å². The Morgan fingerprint density at radius 2 is 2.22 bits per heavy atom. The topological polar surface area (TPSA) is 64.6 Å². The van der Waals surface area contributed by atoms with Gasteiger partial charge >= 0.3 is 6.03 Å². The van der Waals surface area contributed by atoms with E-state index in [0.717, 1.165) is 44.3 Å². The van der Waals surface area contributed by atoms with Gasteiger partial charge in [0.05, 0.1) is 5.60 Å². The van der Waals surface area contributed by atoms with Crippen molar-refractivity contribution in [2.75, 3.05) is 24.5 Å². The Hall–Kier alpha value is -1.82. The largest absolute Gasteiger partial charge is 0.388 e. The van der Waals surface area contributed by atoms with Crippen LogP contribution in [-0.4, -0.2) is 42.4 Å². The van der Waals surface area contributed by atoms with Crippen molar-refractivity contribution < 1.29 is 14.3 Å². The van der Waals surface area contributed by atoms with Gasteiger partial charge in [-0.15, -0.1) is 0 Å². The van der Waals surface area contributed by atoms with Gasteiger partial charge in [-0.2, -0.15) is 0 Å². The van der Waals surface area contributed by atoms with E-state index >= 15 is 0 Å². The molecule has 0 radical (unpaired) electrons. The zero-order valence-corrected chi connectivity index (χ0v) is 13.2. The molecule has 1 unspecified atom stereocenters. The van der Waals surface area contributed by atoms with Gasteiger partial charge in [-0.25, -0.2) is 9.18 Å². The molecule has 0 spiro atoms. The van der Waals surface area contributed by atoms with Crippen LogP contribution in [0.1, 0.15) is 32.1 Å². The zero-order valence-electron chi connectivity index (χ0n) is 13.2. The molecule has 1 aromatic rings. The van der Waals surface area contributed by atoms with E-state index in [1.807, 2.05) is 6.07 Å². The smallest absolute Gasteiger partial charge is 0.315 e. The number of carbonyl (C=O) groups is 1. The SMILES string of the molecule is O=C(NCC1(O)CCC1)NC1CCCN(c2cccc(F)c2)C1. The molecule has 1 saturated heterocycles. The summed E-state index contributed by atoms with van der Waals surface area (Å²) in [7, 11) is 0. The number of hydrogen-bond acceptors (Lipinski definition) is 3. The van der Waals surface area contributed by atoms with E-state index in [0.29, 0.717) is 13.1 Å². The molecule has 1 saturated carbocycles. The maximum absolute atomic E-state index is 13.4. The Morgan fingerprint density at radius 3 is 2.91 bits per heavy atom. The molecule has 126 valence electrons. The lowest BCUT2D eigenvalue weighted by Crippen LogP contribution is -2.54. The number of nitrogens with zero attached hydrogens (tertiary/aromatic N) is 1. The monoisotopic (exact) mass is 321 g/mol. The van der Waals surface area contributed by atoms with Gasteiger partial charge in [-0.1, -0.05) is 6.07 Å². The van der Waals surface area contributed by atoms with Crippen LogP contribution in [0, 0.1) is 5.82 Å². The number of halogens is 1. The predicted molar refractivity (Wildman–Crippen MR) is 87.0 cm³/mol. The van der Waals surface area contributed by atoms with E-state index < -0.39 is 5.60 Å². The number of amides is 2. The molecular weight excluding hydrogens is 297 g/mol. The number of carbonyl (C=O) groups excluding carboxylic acids is 1. The summed E-state index contributed by atoms with van der Waals surface area (Å²) < 4.78 is 13.4. The lowest BCUT2D eigenvalue weighted by atomic mass is 9.80. The van der Waals surface area contributed by atoms with Crippen LogP contribution in [0.4, 0.5) is 14.9 Å². The number of hydrogen-bond donors (Lipinski definition) is 3. The normalized spacial score (nSPS) is 23.0. The predicted octanol–water partition coefficient (Wildman–Crippen LogP) is 2.01. The third-order valence-corrected chi connectivity index (χ3v) is 4.79. The molecule has 2 fully saturated rings. The first kappa shape index (κ1) is 16.1. The molecule has 1 aliphatic carbocycles. The minimum Gasteiger partial charge on any atom is -0.388 e. The molecule has 3 rings (SSSR count). The van der Waals surface area contributed by atoms with Gasteiger partial charge in [-0.05, 0) is 50.3 Å². The standard InChI is InChI=1S/C17H24FN3O2/c18-13-4-1-6-15(10-13)21-9-2-5-14(11-21)20-16(22)19-12-17(23)7-3-8-17/h1,4,6,10,14,23H,2-3,5,7-9,11-12H2,(H2,19,20,22). The second-order valence-electron chi connectivity index (χ2n) is 6.67. The molecule has 23 heavy (non-hydrogen) atoms. The van der Waals surface area contributed by atoms with Crippen LogP contribution < -0.4 is 15.5 Å². The summed E-state index contributed by atoms with van der Waals surface area (Å²) in [6, 6.07) is 6.33. The average molecular weight is 321 g/mol. The minimum atomic E-state index is -0.711.